The molecule has 0 saturated heterocycles. The lowest BCUT2D eigenvalue weighted by molar-refractivity contribution is -0.0498. The van der Waals surface area contributed by atoms with E-state index in [2.05, 4.69) is 11.7 Å². The minimum atomic E-state index is -2.87. The lowest BCUT2D eigenvalue weighted by Crippen LogP contribution is -2.01. The van der Waals surface area contributed by atoms with Crippen LogP contribution in [0.5, 0.6) is 5.75 Å². The molecule has 0 amide bonds. The third kappa shape index (κ3) is 3.37. The van der Waals surface area contributed by atoms with Crippen molar-refractivity contribution in [1.82, 2.24) is 0 Å². The molecule has 4 heteroatoms. The minimum absolute atomic E-state index is 0.0548. The zero-order valence-corrected chi connectivity index (χ0v) is 13.2. The van der Waals surface area contributed by atoms with Crippen molar-refractivity contribution < 1.29 is 17.9 Å². The molecule has 0 N–H and O–H groups in total. The van der Waals surface area contributed by atoms with Gasteiger partial charge in [-0.05, 0) is 35.1 Å². The number of benzene rings is 3. The summed E-state index contributed by atoms with van der Waals surface area (Å²) in [4.78, 5) is 0. The van der Waals surface area contributed by atoms with Gasteiger partial charge < -0.3 is 4.74 Å². The van der Waals surface area contributed by atoms with Gasteiger partial charge in [-0.15, -0.1) is 0 Å². The van der Waals surface area contributed by atoms with Crippen molar-refractivity contribution in [2.24, 2.45) is 0 Å². The van der Waals surface area contributed by atoms with Crippen LogP contribution in [0.3, 0.4) is 0 Å². The molecule has 0 unspecified atom stereocenters. The van der Waals surface area contributed by atoms with Gasteiger partial charge in [-0.3, -0.25) is 0 Å². The van der Waals surface area contributed by atoms with Crippen molar-refractivity contribution in [2.75, 3.05) is 0 Å². The van der Waals surface area contributed by atoms with Gasteiger partial charge in [-0.25, -0.2) is 4.39 Å². The topological polar surface area (TPSA) is 9.23 Å². The highest BCUT2D eigenvalue weighted by atomic mass is 19.3. The summed E-state index contributed by atoms with van der Waals surface area (Å²) in [6, 6.07) is 15.3. The average Bonchev–Trinajstić information content (AvgIpc) is 2.56. The highest BCUT2D eigenvalue weighted by Crippen LogP contribution is 2.31. The van der Waals surface area contributed by atoms with Crippen LogP contribution in [0.15, 0.2) is 54.6 Å². The predicted molar refractivity (Wildman–Crippen MR) is 90.0 cm³/mol. The Balaban J connectivity index is 1.97. The van der Waals surface area contributed by atoms with Gasteiger partial charge in [0.25, 0.3) is 0 Å². The predicted octanol–water partition coefficient (Wildman–Crippen LogP) is 6.20. The zero-order valence-electron chi connectivity index (χ0n) is 13.2. The maximum atomic E-state index is 14.8. The number of hydrogen-bond donors (Lipinski definition) is 0. The Morgan fingerprint density at radius 3 is 2.38 bits per heavy atom. The first kappa shape index (κ1) is 16.4. The van der Waals surface area contributed by atoms with Gasteiger partial charge in [0.15, 0.2) is 0 Å². The van der Waals surface area contributed by atoms with Crippen LogP contribution in [-0.4, -0.2) is 6.61 Å². The molecule has 0 heterocycles. The van der Waals surface area contributed by atoms with E-state index in [9.17, 15) is 13.2 Å². The van der Waals surface area contributed by atoms with Gasteiger partial charge >= 0.3 is 6.61 Å². The number of rotatable bonds is 5. The molecule has 3 aromatic carbocycles. The smallest absolute Gasteiger partial charge is 0.387 e. The summed E-state index contributed by atoms with van der Waals surface area (Å²) in [5, 5.41) is 1.42. The monoisotopic (exact) mass is 330 g/mol. The second kappa shape index (κ2) is 6.95. The maximum absolute atomic E-state index is 14.8. The van der Waals surface area contributed by atoms with Crippen LogP contribution >= 0.6 is 0 Å². The summed E-state index contributed by atoms with van der Waals surface area (Å²) in [6.45, 7) is -0.763. The van der Waals surface area contributed by atoms with Crippen LogP contribution in [0.25, 0.3) is 21.9 Å². The zero-order chi connectivity index (χ0) is 17.1. The number of halogens is 3. The van der Waals surface area contributed by atoms with E-state index in [1.807, 2.05) is 18.2 Å². The van der Waals surface area contributed by atoms with Gasteiger partial charge in [0.05, 0.1) is 0 Å². The molecule has 0 saturated carbocycles. The Bertz CT molecular complexity index is 841. The molecule has 0 radical (unpaired) electrons. The van der Waals surface area contributed by atoms with Crippen molar-refractivity contribution >= 4 is 10.8 Å². The fraction of sp³-hybridized carbons (Fsp3) is 0.200. The van der Waals surface area contributed by atoms with E-state index in [4.69, 9.17) is 0 Å². The first-order valence-corrected chi connectivity index (χ1v) is 7.85. The summed E-state index contributed by atoms with van der Waals surface area (Å²) >= 11 is 0. The van der Waals surface area contributed by atoms with Crippen LogP contribution < -0.4 is 4.74 Å². The Labute approximate surface area is 138 Å². The van der Waals surface area contributed by atoms with E-state index >= 15 is 0 Å². The number of fused-ring (bicyclic) bond motifs is 1. The summed E-state index contributed by atoms with van der Waals surface area (Å²) < 4.78 is 43.5. The van der Waals surface area contributed by atoms with Crippen LogP contribution in [0.4, 0.5) is 13.2 Å². The summed E-state index contributed by atoms with van der Waals surface area (Å²) in [6.07, 6.45) is 2.00. The Morgan fingerprint density at radius 1 is 0.958 bits per heavy atom. The summed E-state index contributed by atoms with van der Waals surface area (Å²) in [7, 11) is 0. The van der Waals surface area contributed by atoms with Crippen molar-refractivity contribution in [1.29, 1.82) is 0 Å². The van der Waals surface area contributed by atoms with E-state index in [-0.39, 0.29) is 11.6 Å². The van der Waals surface area contributed by atoms with Gasteiger partial charge in [0.1, 0.15) is 11.6 Å². The molecule has 0 atom stereocenters. The third-order valence-corrected chi connectivity index (χ3v) is 3.95. The quantitative estimate of drug-likeness (QED) is 0.541. The fourth-order valence-electron chi connectivity index (χ4n) is 2.82. The molecule has 1 nitrogen and oxygen atoms in total. The second-order valence-electron chi connectivity index (χ2n) is 5.64. The lowest BCUT2D eigenvalue weighted by atomic mass is 9.98. The lowest BCUT2D eigenvalue weighted by Gasteiger charge is -2.10. The first-order chi connectivity index (χ1) is 11.6. The van der Waals surface area contributed by atoms with Gasteiger partial charge in [0, 0.05) is 10.9 Å². The van der Waals surface area contributed by atoms with E-state index in [1.165, 1.54) is 17.7 Å². The normalized spacial score (nSPS) is 11.2. The molecular weight excluding hydrogens is 313 g/mol. The van der Waals surface area contributed by atoms with Crippen LogP contribution in [-0.2, 0) is 6.42 Å². The molecule has 0 aliphatic carbocycles. The fourth-order valence-corrected chi connectivity index (χ4v) is 2.82. The van der Waals surface area contributed by atoms with Gasteiger partial charge in [-0.2, -0.15) is 8.78 Å². The number of ether oxygens (including phenoxy) is 1. The van der Waals surface area contributed by atoms with E-state index in [0.717, 1.165) is 18.2 Å². The average molecular weight is 330 g/mol. The molecule has 3 rings (SSSR count). The molecule has 0 fully saturated rings. The van der Waals surface area contributed by atoms with Crippen LogP contribution in [0, 0.1) is 5.82 Å². The molecular formula is C20H17F3O. The Morgan fingerprint density at radius 2 is 1.71 bits per heavy atom. The highest BCUT2D eigenvalue weighted by molar-refractivity contribution is 5.88. The van der Waals surface area contributed by atoms with Crippen molar-refractivity contribution in [3.05, 3.63) is 66.0 Å². The van der Waals surface area contributed by atoms with Crippen LogP contribution in [0.2, 0.25) is 0 Å². The largest absolute Gasteiger partial charge is 0.435 e. The van der Waals surface area contributed by atoms with Crippen molar-refractivity contribution in [3.8, 4) is 16.9 Å². The van der Waals surface area contributed by atoms with Gasteiger partial charge in [0.2, 0.25) is 0 Å². The first-order valence-electron chi connectivity index (χ1n) is 7.85. The number of alkyl halides is 2. The maximum Gasteiger partial charge on any atom is 0.387 e. The molecule has 0 aliphatic heterocycles. The molecule has 124 valence electrons. The number of hydrogen-bond acceptors (Lipinski definition) is 1. The van der Waals surface area contributed by atoms with E-state index in [0.29, 0.717) is 16.5 Å². The second-order valence-corrected chi connectivity index (χ2v) is 5.64. The van der Waals surface area contributed by atoms with E-state index < -0.39 is 6.61 Å². The van der Waals surface area contributed by atoms with Crippen molar-refractivity contribution in [3.63, 3.8) is 0 Å². The minimum Gasteiger partial charge on any atom is -0.435 e. The van der Waals surface area contributed by atoms with Gasteiger partial charge in [-0.1, -0.05) is 55.8 Å². The van der Waals surface area contributed by atoms with Crippen LogP contribution in [0.1, 0.15) is 18.9 Å². The number of aryl methyl sites for hydroxylation is 1. The molecule has 0 spiro atoms. The van der Waals surface area contributed by atoms with E-state index in [1.54, 1.807) is 24.3 Å². The standard InChI is InChI=1S/C20H17F3O/c1-2-3-13-4-10-18-15(12-13)7-11-17(19(18)21)14-5-8-16(9-6-14)24-20(22)23/h4-12,20H,2-3H2,1H3. The summed E-state index contributed by atoms with van der Waals surface area (Å²) in [5.74, 6) is -0.253. The van der Waals surface area contributed by atoms with Crippen molar-refractivity contribution in [2.45, 2.75) is 26.4 Å². The molecule has 0 bridgehead atoms. The Kier molecular flexibility index (Phi) is 4.74. The third-order valence-electron chi connectivity index (χ3n) is 3.95. The molecule has 0 aliphatic rings. The SMILES string of the molecule is CCCc1ccc2c(F)c(-c3ccc(OC(F)F)cc3)ccc2c1. The molecule has 24 heavy (non-hydrogen) atoms. The Hall–Kier alpha value is -2.49. The molecule has 3 aromatic rings. The summed E-state index contributed by atoms with van der Waals surface area (Å²) in [5.41, 5.74) is 2.24. The highest BCUT2D eigenvalue weighted by Gasteiger charge is 2.11. The molecule has 0 aromatic heterocycles.